The second-order valence-corrected chi connectivity index (χ2v) is 5.78. The van der Waals surface area contributed by atoms with Crippen LogP contribution in [0.3, 0.4) is 0 Å². The van der Waals surface area contributed by atoms with E-state index in [9.17, 15) is 0 Å². The van der Waals surface area contributed by atoms with Gasteiger partial charge in [0.2, 0.25) is 5.88 Å². The number of aryl methyl sites for hydroxylation is 2. The van der Waals surface area contributed by atoms with E-state index >= 15 is 0 Å². The van der Waals surface area contributed by atoms with Crippen LogP contribution in [0.2, 0.25) is 0 Å². The number of ether oxygens (including phenoxy) is 1. The molecular formula is C19H23N3O. The van der Waals surface area contributed by atoms with Gasteiger partial charge < -0.3 is 15.5 Å². The number of nitrogens with zero attached hydrogens (tertiary/aromatic N) is 1. The summed E-state index contributed by atoms with van der Waals surface area (Å²) in [5.41, 5.74) is 11.5. The number of benzene rings is 1. The minimum Gasteiger partial charge on any atom is -0.481 e. The fourth-order valence-electron chi connectivity index (χ4n) is 3.10. The molecular weight excluding hydrogens is 286 g/mol. The van der Waals surface area contributed by atoms with Gasteiger partial charge in [-0.15, -0.1) is 0 Å². The van der Waals surface area contributed by atoms with E-state index in [1.54, 1.807) is 13.3 Å². The molecule has 0 saturated heterocycles. The number of nitrogens with two attached hydrogens (primary N) is 1. The Morgan fingerprint density at radius 2 is 2.04 bits per heavy atom. The molecule has 120 valence electrons. The van der Waals surface area contributed by atoms with E-state index in [4.69, 9.17) is 10.5 Å². The number of pyridine rings is 1. The molecule has 0 unspecified atom stereocenters. The highest BCUT2D eigenvalue weighted by atomic mass is 16.5. The molecule has 4 nitrogen and oxygen atoms in total. The van der Waals surface area contributed by atoms with Crippen LogP contribution in [-0.4, -0.2) is 23.6 Å². The number of unbranched alkanes of at least 4 members (excludes halogenated alkanes) is 1. The monoisotopic (exact) mass is 309 g/mol. The summed E-state index contributed by atoms with van der Waals surface area (Å²) in [6, 6.07) is 10.4. The zero-order valence-electron chi connectivity index (χ0n) is 13.7. The van der Waals surface area contributed by atoms with E-state index in [1.807, 2.05) is 6.07 Å². The van der Waals surface area contributed by atoms with Crippen molar-refractivity contribution in [2.24, 2.45) is 5.73 Å². The number of para-hydroxylation sites is 1. The van der Waals surface area contributed by atoms with Gasteiger partial charge in [-0.05, 0) is 56.0 Å². The summed E-state index contributed by atoms with van der Waals surface area (Å²) in [4.78, 5) is 7.94. The number of aromatic nitrogens is 2. The predicted molar refractivity (Wildman–Crippen MR) is 94.8 cm³/mol. The molecule has 2 aromatic heterocycles. The van der Waals surface area contributed by atoms with Crippen molar-refractivity contribution in [2.75, 3.05) is 13.7 Å². The molecule has 0 bridgehead atoms. The lowest BCUT2D eigenvalue weighted by Crippen LogP contribution is -1.99. The molecule has 23 heavy (non-hydrogen) atoms. The molecule has 0 amide bonds. The Morgan fingerprint density at radius 1 is 1.17 bits per heavy atom. The van der Waals surface area contributed by atoms with Gasteiger partial charge in [0.25, 0.3) is 0 Å². The van der Waals surface area contributed by atoms with E-state index in [2.05, 4.69) is 41.2 Å². The molecule has 0 atom stereocenters. The summed E-state index contributed by atoms with van der Waals surface area (Å²) >= 11 is 0. The highest BCUT2D eigenvalue weighted by Gasteiger charge is 2.17. The van der Waals surface area contributed by atoms with Crippen LogP contribution >= 0.6 is 0 Å². The van der Waals surface area contributed by atoms with Crippen LogP contribution < -0.4 is 10.5 Å². The van der Waals surface area contributed by atoms with Gasteiger partial charge in [0.15, 0.2) is 0 Å². The Labute approximate surface area is 136 Å². The fourth-order valence-corrected chi connectivity index (χ4v) is 3.10. The summed E-state index contributed by atoms with van der Waals surface area (Å²) < 4.78 is 5.46. The van der Waals surface area contributed by atoms with Gasteiger partial charge in [-0.3, -0.25) is 0 Å². The van der Waals surface area contributed by atoms with Crippen molar-refractivity contribution in [2.45, 2.75) is 26.2 Å². The standard InChI is InChI=1S/C19H23N3O/c1-13-7-5-9-14-15(8-3-4-11-20)18(22-17(13)14)16-10-6-12-21-19(16)23-2/h5-7,9-10,12,22H,3-4,8,11,20H2,1-2H3. The van der Waals surface area contributed by atoms with Crippen LogP contribution in [0.25, 0.3) is 22.2 Å². The van der Waals surface area contributed by atoms with E-state index in [1.165, 1.54) is 22.0 Å². The minimum atomic E-state index is 0.650. The van der Waals surface area contributed by atoms with E-state index < -0.39 is 0 Å². The number of hydrogen-bond acceptors (Lipinski definition) is 3. The van der Waals surface area contributed by atoms with Crippen molar-refractivity contribution in [1.29, 1.82) is 0 Å². The van der Waals surface area contributed by atoms with E-state index in [0.29, 0.717) is 5.88 Å². The number of H-pyrrole nitrogens is 1. The van der Waals surface area contributed by atoms with Crippen molar-refractivity contribution in [1.82, 2.24) is 9.97 Å². The van der Waals surface area contributed by atoms with E-state index in [0.717, 1.165) is 37.1 Å². The fraction of sp³-hybridized carbons (Fsp3) is 0.316. The number of hydrogen-bond donors (Lipinski definition) is 2. The number of aromatic amines is 1. The SMILES string of the molecule is COc1ncccc1-c1[nH]c2c(C)cccc2c1CCCCN. The number of methoxy groups -OCH3 is 1. The molecule has 0 spiro atoms. The van der Waals surface area contributed by atoms with E-state index in [-0.39, 0.29) is 0 Å². The van der Waals surface area contributed by atoms with Crippen LogP contribution in [-0.2, 0) is 6.42 Å². The maximum atomic E-state index is 5.66. The molecule has 0 aliphatic rings. The van der Waals surface area contributed by atoms with Crippen molar-refractivity contribution >= 4 is 10.9 Å². The Hall–Kier alpha value is -2.33. The maximum Gasteiger partial charge on any atom is 0.222 e. The average molecular weight is 309 g/mol. The normalized spacial score (nSPS) is 11.1. The molecule has 3 N–H and O–H groups in total. The van der Waals surface area contributed by atoms with Crippen LogP contribution in [0, 0.1) is 6.92 Å². The molecule has 3 aromatic rings. The first-order valence-corrected chi connectivity index (χ1v) is 8.06. The molecule has 2 heterocycles. The van der Waals surface area contributed by atoms with Crippen LogP contribution in [0.4, 0.5) is 0 Å². The predicted octanol–water partition coefficient (Wildman–Crippen LogP) is 3.83. The Balaban J connectivity index is 2.18. The number of fused-ring (bicyclic) bond motifs is 1. The van der Waals surface area contributed by atoms with Gasteiger partial charge in [-0.1, -0.05) is 18.2 Å². The second-order valence-electron chi connectivity index (χ2n) is 5.78. The quantitative estimate of drug-likeness (QED) is 0.680. The summed E-state index contributed by atoms with van der Waals surface area (Å²) in [5.74, 6) is 0.650. The Kier molecular flexibility index (Phi) is 4.63. The molecule has 3 rings (SSSR count). The zero-order chi connectivity index (χ0) is 16.2. The lowest BCUT2D eigenvalue weighted by molar-refractivity contribution is 0.399. The first-order chi connectivity index (χ1) is 11.3. The largest absolute Gasteiger partial charge is 0.481 e. The molecule has 0 fully saturated rings. The first-order valence-electron chi connectivity index (χ1n) is 8.06. The second kappa shape index (κ2) is 6.84. The smallest absolute Gasteiger partial charge is 0.222 e. The van der Waals surface area contributed by atoms with Gasteiger partial charge in [0, 0.05) is 17.1 Å². The third kappa shape index (κ3) is 2.94. The molecule has 0 saturated carbocycles. The Bertz CT molecular complexity index is 807. The zero-order valence-corrected chi connectivity index (χ0v) is 13.7. The summed E-state index contributed by atoms with van der Waals surface area (Å²) in [6.07, 6.45) is 4.85. The van der Waals surface area contributed by atoms with Gasteiger partial charge in [0.05, 0.1) is 18.4 Å². The maximum absolute atomic E-state index is 5.66. The van der Waals surface area contributed by atoms with Crippen LogP contribution in [0.5, 0.6) is 5.88 Å². The average Bonchev–Trinajstić information content (AvgIpc) is 2.95. The molecule has 4 heteroatoms. The van der Waals surface area contributed by atoms with Crippen molar-refractivity contribution in [3.63, 3.8) is 0 Å². The Morgan fingerprint density at radius 3 is 2.83 bits per heavy atom. The molecule has 0 aliphatic heterocycles. The molecule has 0 radical (unpaired) electrons. The lowest BCUT2D eigenvalue weighted by Gasteiger charge is -2.08. The number of nitrogens with one attached hydrogen (secondary N) is 1. The van der Waals surface area contributed by atoms with Gasteiger partial charge in [-0.2, -0.15) is 0 Å². The summed E-state index contributed by atoms with van der Waals surface area (Å²) in [5, 5.41) is 1.28. The third-order valence-electron chi connectivity index (χ3n) is 4.26. The van der Waals surface area contributed by atoms with Gasteiger partial charge in [-0.25, -0.2) is 4.98 Å². The highest BCUT2D eigenvalue weighted by molar-refractivity contribution is 5.93. The van der Waals surface area contributed by atoms with Crippen molar-refractivity contribution < 1.29 is 4.74 Å². The molecule has 1 aromatic carbocycles. The van der Waals surface area contributed by atoms with Crippen molar-refractivity contribution in [3.05, 3.63) is 47.7 Å². The highest BCUT2D eigenvalue weighted by Crippen LogP contribution is 2.36. The van der Waals surface area contributed by atoms with Crippen LogP contribution in [0.1, 0.15) is 24.0 Å². The number of rotatable bonds is 6. The van der Waals surface area contributed by atoms with Crippen LogP contribution in [0.15, 0.2) is 36.5 Å². The summed E-state index contributed by atoms with van der Waals surface area (Å²) in [6.45, 7) is 2.86. The molecule has 0 aliphatic carbocycles. The first kappa shape index (κ1) is 15.6. The minimum absolute atomic E-state index is 0.650. The van der Waals surface area contributed by atoms with Crippen molar-refractivity contribution in [3.8, 4) is 17.1 Å². The lowest BCUT2D eigenvalue weighted by atomic mass is 10.00. The summed E-state index contributed by atoms with van der Waals surface area (Å²) in [7, 11) is 1.66. The topological polar surface area (TPSA) is 63.9 Å². The van der Waals surface area contributed by atoms with Gasteiger partial charge >= 0.3 is 0 Å². The third-order valence-corrected chi connectivity index (χ3v) is 4.26. The van der Waals surface area contributed by atoms with Gasteiger partial charge in [0.1, 0.15) is 0 Å².